The zero-order chi connectivity index (χ0) is 41.9. The first kappa shape index (κ1) is 47.2. The van der Waals surface area contributed by atoms with Crippen LogP contribution >= 0.6 is 0 Å². The van der Waals surface area contributed by atoms with E-state index in [1.807, 2.05) is 6.92 Å². The number of unbranched alkanes of at least 4 members (excludes halogenated alkanes) is 1. The summed E-state index contributed by atoms with van der Waals surface area (Å²) in [4.78, 5) is 107. The fraction of sp³-hybridized carbons (Fsp3) is 0.795. The second-order valence-electron chi connectivity index (χ2n) is 15.3. The van der Waals surface area contributed by atoms with Crippen molar-refractivity contribution in [1.82, 2.24) is 26.2 Å². The number of hydrogen-bond donors (Lipinski definition) is 6. The van der Waals surface area contributed by atoms with Crippen LogP contribution in [-0.4, -0.2) is 128 Å². The number of carboxylic acids is 1. The molecular formula is C39H64N6O12. The Kier molecular flexibility index (Phi) is 20.4. The predicted molar refractivity (Wildman–Crippen MR) is 205 cm³/mol. The molecule has 4 unspecified atom stereocenters. The van der Waals surface area contributed by atoms with E-state index in [-0.39, 0.29) is 38.7 Å². The molecule has 0 aromatic heterocycles. The minimum absolute atomic E-state index is 0.0265. The number of carbonyl (C=O) groups excluding carboxylic acids is 7. The average molecular weight is 809 g/mol. The van der Waals surface area contributed by atoms with Gasteiger partial charge < -0.3 is 51.2 Å². The SMILES string of the molecule is CCCCC(NC(=O)CNC(=O)C(=O)C(CCC)NC(=O)[C@@H]1C[C@@H](OCOCCOC)CN1C(=O)C(NC(=O)C1CCCC[C@H]1C(=O)O)C1CCCCC1)C(N)=O. The number of likely N-dealkylation sites (tertiary alicyclic amines) is 1. The number of amides is 6. The lowest BCUT2D eigenvalue weighted by atomic mass is 9.78. The molecular weight excluding hydrogens is 744 g/mol. The molecule has 3 fully saturated rings. The molecule has 1 heterocycles. The van der Waals surface area contributed by atoms with E-state index < -0.39 is 95.8 Å². The van der Waals surface area contributed by atoms with Gasteiger partial charge >= 0.3 is 5.97 Å². The highest BCUT2D eigenvalue weighted by Gasteiger charge is 2.46. The molecule has 18 nitrogen and oxygen atoms in total. The van der Waals surface area contributed by atoms with E-state index in [1.54, 1.807) is 6.92 Å². The molecule has 18 heteroatoms. The number of primary amides is 1. The van der Waals surface area contributed by atoms with Crippen LogP contribution in [0.2, 0.25) is 0 Å². The fourth-order valence-electron chi connectivity index (χ4n) is 7.95. The summed E-state index contributed by atoms with van der Waals surface area (Å²) in [5.41, 5.74) is 5.38. The minimum Gasteiger partial charge on any atom is -0.481 e. The first-order valence-electron chi connectivity index (χ1n) is 20.6. The highest BCUT2D eigenvalue weighted by Crippen LogP contribution is 2.33. The third kappa shape index (κ3) is 14.6. The lowest BCUT2D eigenvalue weighted by Crippen LogP contribution is -2.59. The largest absolute Gasteiger partial charge is 0.481 e. The Hall–Kier alpha value is -4.16. The van der Waals surface area contributed by atoms with Crippen molar-refractivity contribution in [2.24, 2.45) is 23.5 Å². The summed E-state index contributed by atoms with van der Waals surface area (Å²) >= 11 is 0. The molecule has 0 bridgehead atoms. The fourth-order valence-corrected chi connectivity index (χ4v) is 7.95. The molecule has 3 rings (SSSR count). The summed E-state index contributed by atoms with van der Waals surface area (Å²) in [5, 5.41) is 20.2. The maximum Gasteiger partial charge on any atom is 0.307 e. The molecule has 3 aliphatic rings. The van der Waals surface area contributed by atoms with Crippen LogP contribution in [0.3, 0.4) is 0 Å². The lowest BCUT2D eigenvalue weighted by Gasteiger charge is -2.36. The quantitative estimate of drug-likeness (QED) is 0.0447. The summed E-state index contributed by atoms with van der Waals surface area (Å²) in [6.45, 7) is 3.47. The molecule has 0 aromatic carbocycles. The van der Waals surface area contributed by atoms with Gasteiger partial charge in [-0.3, -0.25) is 38.4 Å². The standard InChI is InChI=1S/C39H64N6O12/c1-4-6-17-29(34(40)48)42-31(46)21-41-37(51)33(47)28(12-5-2)43-36(50)30-20-25(57-23-56-19-18-55-3)22-45(30)38(52)32(24-13-8-7-9-14-24)44-35(49)26-15-10-11-16-27(26)39(53)54/h24-30,32H,4-23H2,1-3H3,(H2,40,48)(H,41,51)(H,42,46)(H,43,50)(H,44,49)(H,53,54)/t25-,26?,27-,28?,29?,30+,32?/m1/s1. The molecule has 7 N–H and O–H groups in total. The van der Waals surface area contributed by atoms with E-state index in [1.165, 1.54) is 12.0 Å². The lowest BCUT2D eigenvalue weighted by molar-refractivity contribution is -0.150. The van der Waals surface area contributed by atoms with Crippen LogP contribution in [0.5, 0.6) is 0 Å². The van der Waals surface area contributed by atoms with E-state index in [9.17, 15) is 43.5 Å². The number of nitrogens with one attached hydrogen (secondary N) is 4. The van der Waals surface area contributed by atoms with E-state index in [0.29, 0.717) is 64.4 Å². The van der Waals surface area contributed by atoms with Crippen LogP contribution in [0.15, 0.2) is 0 Å². The number of hydrogen-bond acceptors (Lipinski definition) is 11. The number of methoxy groups -OCH3 is 1. The van der Waals surface area contributed by atoms with Gasteiger partial charge in [-0.15, -0.1) is 0 Å². The van der Waals surface area contributed by atoms with Crippen LogP contribution in [0, 0.1) is 17.8 Å². The molecule has 2 saturated carbocycles. The van der Waals surface area contributed by atoms with E-state index >= 15 is 0 Å². The topological polar surface area (TPSA) is 262 Å². The Morgan fingerprint density at radius 1 is 0.807 bits per heavy atom. The highest BCUT2D eigenvalue weighted by molar-refractivity contribution is 6.38. The molecule has 322 valence electrons. The zero-order valence-corrected chi connectivity index (χ0v) is 33.7. The average Bonchev–Trinajstić information content (AvgIpc) is 3.64. The van der Waals surface area contributed by atoms with E-state index in [2.05, 4.69) is 21.3 Å². The van der Waals surface area contributed by atoms with E-state index in [0.717, 1.165) is 25.7 Å². The summed E-state index contributed by atoms with van der Waals surface area (Å²) in [6.07, 6.45) is 7.69. The maximum absolute atomic E-state index is 14.6. The van der Waals surface area contributed by atoms with Crippen molar-refractivity contribution >= 4 is 47.2 Å². The summed E-state index contributed by atoms with van der Waals surface area (Å²) in [5.74, 6) is -8.23. The second-order valence-corrected chi connectivity index (χ2v) is 15.3. The number of carboxylic acid groups (broad SMARTS) is 1. The van der Waals surface area contributed by atoms with Gasteiger partial charge in [0.05, 0.1) is 43.7 Å². The first-order chi connectivity index (χ1) is 27.3. The van der Waals surface area contributed by atoms with Gasteiger partial charge in [-0.1, -0.05) is 65.2 Å². The number of ether oxygens (including phenoxy) is 3. The van der Waals surface area contributed by atoms with E-state index in [4.69, 9.17) is 19.9 Å². The molecule has 0 spiro atoms. The van der Waals surface area contributed by atoms with Crippen LogP contribution in [0.1, 0.15) is 110 Å². The van der Waals surface area contributed by atoms with Crippen LogP contribution in [0.4, 0.5) is 0 Å². The van der Waals surface area contributed by atoms with Crippen molar-refractivity contribution in [1.29, 1.82) is 0 Å². The van der Waals surface area contributed by atoms with Crippen molar-refractivity contribution in [3.05, 3.63) is 0 Å². The van der Waals surface area contributed by atoms with Gasteiger partial charge in [0.25, 0.3) is 5.91 Å². The van der Waals surface area contributed by atoms with Crippen LogP contribution in [0.25, 0.3) is 0 Å². The minimum atomic E-state index is -1.30. The van der Waals surface area contributed by atoms with Crippen LogP contribution in [-0.2, 0) is 52.6 Å². The Bertz CT molecular complexity index is 1390. The second kappa shape index (κ2) is 24.6. The number of carbonyl (C=O) groups is 8. The van der Waals surface area contributed by atoms with Gasteiger partial charge in [0.15, 0.2) is 0 Å². The number of nitrogens with two attached hydrogens (primary N) is 1. The third-order valence-electron chi connectivity index (χ3n) is 11.1. The van der Waals surface area contributed by atoms with Crippen molar-refractivity contribution in [3.63, 3.8) is 0 Å². The Balaban J connectivity index is 1.80. The van der Waals surface area contributed by atoms with Gasteiger partial charge in [0.1, 0.15) is 24.9 Å². The van der Waals surface area contributed by atoms with Gasteiger partial charge in [0, 0.05) is 20.1 Å². The first-order valence-corrected chi connectivity index (χ1v) is 20.6. The molecule has 2 aliphatic carbocycles. The summed E-state index contributed by atoms with van der Waals surface area (Å²) < 4.78 is 16.4. The maximum atomic E-state index is 14.6. The van der Waals surface area contributed by atoms with Crippen molar-refractivity contribution in [3.8, 4) is 0 Å². The number of rotatable bonds is 24. The molecule has 0 radical (unpaired) electrons. The number of nitrogens with zero attached hydrogens (tertiary/aromatic N) is 1. The molecule has 0 aromatic rings. The van der Waals surface area contributed by atoms with Crippen LogP contribution < -0.4 is 27.0 Å². The van der Waals surface area contributed by atoms with Crippen molar-refractivity contribution in [2.75, 3.05) is 40.2 Å². The smallest absolute Gasteiger partial charge is 0.307 e. The Labute approximate surface area is 334 Å². The van der Waals surface area contributed by atoms with Crippen molar-refractivity contribution < 1.29 is 57.7 Å². The monoisotopic (exact) mass is 808 g/mol. The Morgan fingerprint density at radius 2 is 1.49 bits per heavy atom. The Morgan fingerprint density at radius 3 is 2.12 bits per heavy atom. The molecule has 1 aliphatic heterocycles. The van der Waals surface area contributed by atoms with Gasteiger partial charge in [-0.2, -0.15) is 0 Å². The third-order valence-corrected chi connectivity index (χ3v) is 11.1. The molecule has 1 saturated heterocycles. The van der Waals surface area contributed by atoms with Gasteiger partial charge in [-0.05, 0) is 44.4 Å². The zero-order valence-electron chi connectivity index (χ0n) is 33.7. The van der Waals surface area contributed by atoms with Crippen molar-refractivity contribution in [2.45, 2.75) is 140 Å². The number of Topliss-reactive ketones (excluding diaryl/α,β-unsaturated/α-hetero) is 1. The predicted octanol–water partition coefficient (Wildman–Crippen LogP) is 0.680. The molecule has 7 atom stereocenters. The summed E-state index contributed by atoms with van der Waals surface area (Å²) in [6, 6.07) is -4.40. The van der Waals surface area contributed by atoms with Gasteiger partial charge in [0.2, 0.25) is 35.3 Å². The molecule has 57 heavy (non-hydrogen) atoms. The van der Waals surface area contributed by atoms with Gasteiger partial charge in [-0.25, -0.2) is 0 Å². The highest BCUT2D eigenvalue weighted by atomic mass is 16.7. The summed E-state index contributed by atoms with van der Waals surface area (Å²) in [7, 11) is 1.53. The molecule has 6 amide bonds. The number of ketones is 1. The number of aliphatic carboxylic acids is 1. The normalized spacial score (nSPS) is 22.8.